The van der Waals surface area contributed by atoms with Gasteiger partial charge in [-0.3, -0.25) is 0 Å². The van der Waals surface area contributed by atoms with E-state index < -0.39 is 0 Å². The summed E-state index contributed by atoms with van der Waals surface area (Å²) in [5.74, 6) is 0. The minimum absolute atomic E-state index is 0. The van der Waals surface area contributed by atoms with Gasteiger partial charge in [0.25, 0.3) is 0 Å². The lowest BCUT2D eigenvalue weighted by molar-refractivity contribution is 0.565. The number of thiazole rings is 1. The maximum atomic E-state index is 9.98. The second kappa shape index (κ2) is 4.28. The molecule has 0 bridgehead atoms. The van der Waals surface area contributed by atoms with Crippen molar-refractivity contribution in [3.63, 3.8) is 0 Å². The molecule has 0 amide bonds. The van der Waals surface area contributed by atoms with Gasteiger partial charge in [-0.15, -0.1) is 12.4 Å². The Kier molecular flexibility index (Phi) is 3.30. The zero-order valence-electron chi connectivity index (χ0n) is 7.22. The van der Waals surface area contributed by atoms with Gasteiger partial charge in [-0.2, -0.15) is 4.99 Å². The zero-order chi connectivity index (χ0) is 9.26. The number of aliphatic imine (C=N–C) groups is 1. The molecule has 0 fully saturated rings. The van der Waals surface area contributed by atoms with E-state index in [1.807, 2.05) is 6.92 Å². The van der Waals surface area contributed by atoms with Crippen LogP contribution in [0.2, 0.25) is 0 Å². The number of fused-ring (bicyclic) bond motifs is 1. The van der Waals surface area contributed by atoms with Gasteiger partial charge in [0.15, 0.2) is 0 Å². The van der Waals surface area contributed by atoms with E-state index in [-0.39, 0.29) is 12.4 Å². The van der Waals surface area contributed by atoms with Gasteiger partial charge in [-0.05, 0) is 13.0 Å². The van der Waals surface area contributed by atoms with Crippen LogP contribution in [0.15, 0.2) is 17.3 Å². The Labute approximate surface area is 90.1 Å². The lowest BCUT2D eigenvalue weighted by atomic mass is 10.4. The largest absolute Gasteiger partial charge is 0.241 e. The standard InChI is InChI=1S/C8H5N3OS.ClH/c1-5-11-7-2-6(10-4-12)3-9-8(7)13-5;/h2-3H,1H3;1H. The first kappa shape index (κ1) is 10.8. The molecule has 0 aliphatic rings. The van der Waals surface area contributed by atoms with Crippen LogP contribution in [-0.4, -0.2) is 16.0 Å². The number of nitrogens with zero attached hydrogens (tertiary/aromatic N) is 3. The van der Waals surface area contributed by atoms with E-state index in [4.69, 9.17) is 0 Å². The number of pyridine rings is 1. The van der Waals surface area contributed by atoms with Crippen molar-refractivity contribution in [2.75, 3.05) is 0 Å². The van der Waals surface area contributed by atoms with Crippen molar-refractivity contribution in [1.82, 2.24) is 9.97 Å². The Hall–Kier alpha value is -1.29. The van der Waals surface area contributed by atoms with Gasteiger partial charge in [0.1, 0.15) is 10.3 Å². The first-order chi connectivity index (χ1) is 6.29. The Morgan fingerprint density at radius 3 is 3.07 bits per heavy atom. The molecule has 2 aromatic rings. The first-order valence-corrected chi connectivity index (χ1v) is 4.42. The highest BCUT2D eigenvalue weighted by Gasteiger charge is 2.01. The Morgan fingerprint density at radius 2 is 2.36 bits per heavy atom. The predicted octanol–water partition coefficient (Wildman–Crippen LogP) is 2.39. The van der Waals surface area contributed by atoms with Gasteiger partial charge in [0.2, 0.25) is 6.08 Å². The van der Waals surface area contributed by atoms with Crippen LogP contribution in [0.4, 0.5) is 5.69 Å². The third kappa shape index (κ3) is 1.96. The number of aromatic nitrogens is 2. The number of aryl methyl sites for hydroxylation is 1. The molecule has 0 saturated carbocycles. The van der Waals surface area contributed by atoms with Crippen molar-refractivity contribution in [3.8, 4) is 0 Å². The molecule has 2 aromatic heterocycles. The summed E-state index contributed by atoms with van der Waals surface area (Å²) in [6.07, 6.45) is 3.00. The highest BCUT2D eigenvalue weighted by atomic mass is 35.5. The molecule has 0 aliphatic heterocycles. The van der Waals surface area contributed by atoms with Crippen molar-refractivity contribution >= 4 is 45.9 Å². The van der Waals surface area contributed by atoms with Crippen molar-refractivity contribution in [2.24, 2.45) is 4.99 Å². The fourth-order valence-electron chi connectivity index (χ4n) is 1.03. The molecule has 0 atom stereocenters. The van der Waals surface area contributed by atoms with E-state index in [1.165, 1.54) is 23.6 Å². The third-order valence-corrected chi connectivity index (χ3v) is 2.41. The molecule has 0 saturated heterocycles. The van der Waals surface area contributed by atoms with E-state index in [2.05, 4.69) is 15.0 Å². The topological polar surface area (TPSA) is 55.2 Å². The van der Waals surface area contributed by atoms with E-state index in [0.717, 1.165) is 15.4 Å². The highest BCUT2D eigenvalue weighted by molar-refractivity contribution is 7.18. The number of hydrogen-bond acceptors (Lipinski definition) is 5. The molecule has 0 spiro atoms. The van der Waals surface area contributed by atoms with Crippen molar-refractivity contribution in [3.05, 3.63) is 17.3 Å². The van der Waals surface area contributed by atoms with E-state index in [0.29, 0.717) is 5.69 Å². The molecule has 6 heteroatoms. The number of isocyanates is 1. The van der Waals surface area contributed by atoms with Gasteiger partial charge in [0, 0.05) is 0 Å². The average Bonchev–Trinajstić information content (AvgIpc) is 2.44. The summed E-state index contributed by atoms with van der Waals surface area (Å²) in [5, 5.41) is 0.953. The predicted molar refractivity (Wildman–Crippen MR) is 57.2 cm³/mol. The summed E-state index contributed by atoms with van der Waals surface area (Å²) in [6, 6.07) is 1.72. The van der Waals surface area contributed by atoms with Crippen molar-refractivity contribution in [1.29, 1.82) is 0 Å². The Balaban J connectivity index is 0.000000980. The monoisotopic (exact) mass is 227 g/mol. The normalized spacial score (nSPS) is 9.21. The summed E-state index contributed by atoms with van der Waals surface area (Å²) in [7, 11) is 0. The molecule has 2 heterocycles. The van der Waals surface area contributed by atoms with Crippen LogP contribution in [0.25, 0.3) is 10.3 Å². The van der Waals surface area contributed by atoms with Crippen molar-refractivity contribution < 1.29 is 4.79 Å². The smallest absolute Gasteiger partial charge is 0.240 e. The molecule has 2 rings (SSSR count). The highest BCUT2D eigenvalue weighted by Crippen LogP contribution is 2.22. The SMILES string of the molecule is Cc1nc2cc(N=C=O)cnc2s1.Cl. The second-order valence-corrected chi connectivity index (χ2v) is 3.64. The van der Waals surface area contributed by atoms with E-state index >= 15 is 0 Å². The van der Waals surface area contributed by atoms with Crippen LogP contribution in [0, 0.1) is 6.92 Å². The van der Waals surface area contributed by atoms with Gasteiger partial charge in [-0.25, -0.2) is 14.8 Å². The van der Waals surface area contributed by atoms with Crippen LogP contribution >= 0.6 is 23.7 Å². The molecular formula is C8H6ClN3OS. The van der Waals surface area contributed by atoms with Gasteiger partial charge in [-0.1, -0.05) is 11.3 Å². The summed E-state index contributed by atoms with van der Waals surface area (Å²) in [4.78, 5) is 22.6. The molecule has 0 unspecified atom stereocenters. The lowest BCUT2D eigenvalue weighted by Crippen LogP contribution is -1.73. The number of rotatable bonds is 1. The molecular weight excluding hydrogens is 222 g/mol. The molecule has 14 heavy (non-hydrogen) atoms. The fraction of sp³-hybridized carbons (Fsp3) is 0.125. The van der Waals surface area contributed by atoms with Crippen LogP contribution in [0.5, 0.6) is 0 Å². The summed E-state index contributed by atoms with van der Waals surface area (Å²) >= 11 is 1.52. The third-order valence-electron chi connectivity index (χ3n) is 1.51. The average molecular weight is 228 g/mol. The zero-order valence-corrected chi connectivity index (χ0v) is 8.85. The molecule has 4 nitrogen and oxygen atoms in total. The molecule has 0 radical (unpaired) electrons. The van der Waals surface area contributed by atoms with Crippen LogP contribution in [-0.2, 0) is 4.79 Å². The van der Waals surface area contributed by atoms with Crippen LogP contribution < -0.4 is 0 Å². The lowest BCUT2D eigenvalue weighted by Gasteiger charge is -1.87. The molecule has 0 N–H and O–H groups in total. The minimum atomic E-state index is 0. The fourth-order valence-corrected chi connectivity index (χ4v) is 1.77. The van der Waals surface area contributed by atoms with Crippen molar-refractivity contribution in [2.45, 2.75) is 6.92 Å². The second-order valence-electron chi connectivity index (χ2n) is 2.45. The van der Waals surface area contributed by atoms with Crippen LogP contribution in [0.1, 0.15) is 5.01 Å². The molecule has 0 aromatic carbocycles. The molecule has 0 aliphatic carbocycles. The van der Waals surface area contributed by atoms with Crippen LogP contribution in [0.3, 0.4) is 0 Å². The maximum Gasteiger partial charge on any atom is 0.240 e. The minimum Gasteiger partial charge on any atom is -0.241 e. The summed E-state index contributed by atoms with van der Waals surface area (Å²) < 4.78 is 0. The molecule has 72 valence electrons. The van der Waals surface area contributed by atoms with Gasteiger partial charge in [0.05, 0.1) is 16.9 Å². The number of hydrogen-bond donors (Lipinski definition) is 0. The maximum absolute atomic E-state index is 9.98. The van der Waals surface area contributed by atoms with E-state index in [9.17, 15) is 4.79 Å². The Morgan fingerprint density at radius 1 is 1.57 bits per heavy atom. The van der Waals surface area contributed by atoms with Gasteiger partial charge < -0.3 is 0 Å². The first-order valence-electron chi connectivity index (χ1n) is 3.60. The van der Waals surface area contributed by atoms with E-state index in [1.54, 1.807) is 6.07 Å². The van der Waals surface area contributed by atoms with Gasteiger partial charge >= 0.3 is 0 Å². The number of carbonyl (C=O) groups excluding carboxylic acids is 1. The summed E-state index contributed by atoms with van der Waals surface area (Å²) in [6.45, 7) is 1.91. The number of halogens is 1. The summed E-state index contributed by atoms with van der Waals surface area (Å²) in [5.41, 5.74) is 1.27. The Bertz CT molecular complexity index is 504. The quantitative estimate of drug-likeness (QED) is 0.555.